The molecule has 1 saturated carbocycles. The summed E-state index contributed by atoms with van der Waals surface area (Å²) in [6.45, 7) is 0. The highest BCUT2D eigenvalue weighted by Crippen LogP contribution is 2.67. The quantitative estimate of drug-likeness (QED) is 0.701. The second kappa shape index (κ2) is 4.52. The predicted molar refractivity (Wildman–Crippen MR) is 93.7 cm³/mol. The molecule has 2 aromatic carbocycles. The summed E-state index contributed by atoms with van der Waals surface area (Å²) >= 11 is 6.21. The molecule has 2 aliphatic carbocycles. The first-order valence-corrected chi connectivity index (χ1v) is 9.07. The smallest absolute Gasteiger partial charge is 0.313 e. The lowest BCUT2D eigenvalue weighted by Gasteiger charge is -2.44. The van der Waals surface area contributed by atoms with Gasteiger partial charge in [-0.05, 0) is 23.9 Å². The summed E-state index contributed by atoms with van der Waals surface area (Å²) in [7, 11) is 0. The minimum atomic E-state index is -1.76. The van der Waals surface area contributed by atoms with Crippen LogP contribution >= 0.6 is 11.6 Å². The lowest BCUT2D eigenvalue weighted by atomic mass is 9.67. The molecule has 3 atom stereocenters. The number of aliphatic hydroxyl groups excluding tert-OH is 1. The van der Waals surface area contributed by atoms with E-state index in [1.165, 1.54) is 6.08 Å². The van der Waals surface area contributed by atoms with Crippen molar-refractivity contribution < 1.29 is 28.9 Å². The fourth-order valence-corrected chi connectivity index (χ4v) is 5.10. The Kier molecular flexibility index (Phi) is 2.62. The predicted octanol–water partition coefficient (Wildman–Crippen LogP) is 2.24. The number of aliphatic hydroxyl groups is 1. The van der Waals surface area contributed by atoms with Gasteiger partial charge < -0.3 is 19.3 Å². The minimum absolute atomic E-state index is 0.0575. The molecule has 6 rings (SSSR count). The molecule has 2 aliphatic heterocycles. The zero-order valence-electron chi connectivity index (χ0n) is 13.9. The molecule has 136 valence electrons. The molecule has 1 spiro atoms. The Morgan fingerprint density at radius 2 is 1.74 bits per heavy atom. The van der Waals surface area contributed by atoms with E-state index < -0.39 is 28.9 Å². The topological polar surface area (TPSA) is 85.4 Å². The summed E-state index contributed by atoms with van der Waals surface area (Å²) in [6, 6.07) is 11.0. The number of carbonyl (C=O) groups excluding carboxylic acids is 2. The van der Waals surface area contributed by atoms with Gasteiger partial charge in [0.2, 0.25) is 17.0 Å². The maximum Gasteiger partial charge on any atom is 0.313 e. The van der Waals surface area contributed by atoms with Gasteiger partial charge in [-0.3, -0.25) is 9.59 Å². The largest absolute Gasteiger partial charge is 0.445 e. The van der Waals surface area contributed by atoms with Crippen LogP contribution < -0.4 is 9.47 Å². The zero-order chi connectivity index (χ0) is 18.6. The fraction of sp³-hybridized carbons (Fsp3) is 0.300. The molecule has 1 saturated heterocycles. The number of epoxide rings is 1. The lowest BCUT2D eigenvalue weighted by Crippen LogP contribution is -2.68. The molecular weight excluding hydrogens is 372 g/mol. The lowest BCUT2D eigenvalue weighted by molar-refractivity contribution is -0.163. The van der Waals surface area contributed by atoms with Crippen molar-refractivity contribution in [2.75, 3.05) is 0 Å². The maximum atomic E-state index is 13.0. The van der Waals surface area contributed by atoms with Gasteiger partial charge >= 0.3 is 5.79 Å². The van der Waals surface area contributed by atoms with Crippen molar-refractivity contribution in [3.05, 3.63) is 47.5 Å². The first-order valence-electron chi connectivity index (χ1n) is 8.70. The number of ketones is 2. The molecule has 6 nitrogen and oxygen atoms in total. The number of benzene rings is 2. The van der Waals surface area contributed by atoms with E-state index in [0.717, 1.165) is 10.8 Å². The summed E-state index contributed by atoms with van der Waals surface area (Å²) in [4.78, 5) is 25.8. The van der Waals surface area contributed by atoms with Crippen LogP contribution in [0.15, 0.2) is 47.5 Å². The summed E-state index contributed by atoms with van der Waals surface area (Å²) in [5, 5.41) is 12.1. The van der Waals surface area contributed by atoms with Crippen LogP contribution in [-0.2, 0) is 14.3 Å². The Hall–Kier alpha value is -2.41. The first-order chi connectivity index (χ1) is 13.0. The molecule has 0 amide bonds. The van der Waals surface area contributed by atoms with E-state index in [-0.39, 0.29) is 23.7 Å². The summed E-state index contributed by atoms with van der Waals surface area (Å²) in [5.74, 6) is -1.71. The molecule has 0 radical (unpaired) electrons. The second-order valence-corrected chi connectivity index (χ2v) is 7.71. The van der Waals surface area contributed by atoms with Crippen LogP contribution in [0.1, 0.15) is 12.8 Å². The SMILES string of the molecule is O=C1C(Cl)=CC2(Oc3cccc4cccc(c34)O2)[C@@]23O[C@@]12[C@H](O)CCC3=O. The monoisotopic (exact) mass is 384 g/mol. The number of halogens is 1. The van der Waals surface area contributed by atoms with Crippen molar-refractivity contribution in [3.63, 3.8) is 0 Å². The molecule has 0 bridgehead atoms. The molecule has 1 N–H and O–H groups in total. The van der Waals surface area contributed by atoms with Gasteiger partial charge in [0.15, 0.2) is 5.78 Å². The number of hydrogen-bond donors (Lipinski definition) is 1. The van der Waals surface area contributed by atoms with Gasteiger partial charge in [0.25, 0.3) is 0 Å². The second-order valence-electron chi connectivity index (χ2n) is 7.30. The highest BCUT2D eigenvalue weighted by Gasteiger charge is 2.93. The molecule has 2 aromatic rings. The van der Waals surface area contributed by atoms with Crippen LogP contribution in [0.5, 0.6) is 11.5 Å². The van der Waals surface area contributed by atoms with E-state index in [9.17, 15) is 14.7 Å². The highest BCUT2D eigenvalue weighted by molar-refractivity contribution is 6.45. The van der Waals surface area contributed by atoms with E-state index in [1.807, 2.05) is 24.3 Å². The first kappa shape index (κ1) is 15.6. The van der Waals surface area contributed by atoms with Crippen LogP contribution in [0.2, 0.25) is 0 Å². The third-order valence-electron chi connectivity index (χ3n) is 6.02. The number of hydrogen-bond acceptors (Lipinski definition) is 6. The van der Waals surface area contributed by atoms with Gasteiger partial charge in [-0.1, -0.05) is 35.9 Å². The number of carbonyl (C=O) groups is 2. The van der Waals surface area contributed by atoms with Crippen molar-refractivity contribution in [1.29, 1.82) is 0 Å². The average molecular weight is 385 g/mol. The van der Waals surface area contributed by atoms with Gasteiger partial charge in [0.1, 0.15) is 11.5 Å². The third kappa shape index (κ3) is 1.50. The van der Waals surface area contributed by atoms with E-state index in [4.69, 9.17) is 25.8 Å². The Labute approximate surface area is 158 Å². The Morgan fingerprint density at radius 3 is 2.41 bits per heavy atom. The van der Waals surface area contributed by atoms with Crippen LogP contribution in [0.3, 0.4) is 0 Å². The normalized spacial score (nSPS) is 35.0. The molecule has 27 heavy (non-hydrogen) atoms. The molecule has 4 aliphatic rings. The third-order valence-corrected chi connectivity index (χ3v) is 6.30. The van der Waals surface area contributed by atoms with E-state index in [1.54, 1.807) is 12.1 Å². The molecular formula is C20H13ClO6. The van der Waals surface area contributed by atoms with Crippen LogP contribution in [0, 0.1) is 0 Å². The van der Waals surface area contributed by atoms with Crippen molar-refractivity contribution in [2.24, 2.45) is 0 Å². The Balaban J connectivity index is 1.64. The average Bonchev–Trinajstić information content (AvgIpc) is 3.39. The number of ether oxygens (including phenoxy) is 3. The minimum Gasteiger partial charge on any atom is -0.445 e. The maximum absolute atomic E-state index is 13.0. The highest BCUT2D eigenvalue weighted by atomic mass is 35.5. The van der Waals surface area contributed by atoms with Crippen molar-refractivity contribution in [3.8, 4) is 11.5 Å². The van der Waals surface area contributed by atoms with Gasteiger partial charge in [-0.25, -0.2) is 0 Å². The van der Waals surface area contributed by atoms with Crippen molar-refractivity contribution in [2.45, 2.75) is 35.9 Å². The van der Waals surface area contributed by atoms with Gasteiger partial charge in [0, 0.05) is 12.5 Å². The number of rotatable bonds is 0. The van der Waals surface area contributed by atoms with E-state index in [0.29, 0.717) is 11.5 Å². The standard InChI is InChI=1S/C20H13ClO6/c21-11-9-18(20-15(23)8-7-14(22)19(20,27-20)17(11)24)25-12-5-1-3-10-4-2-6-13(26-18)16(10)12/h1-6,9,14,22H,7-8H2/t14-,19+,20-/m1/s1. The van der Waals surface area contributed by atoms with Crippen molar-refractivity contribution in [1.82, 2.24) is 0 Å². The zero-order valence-corrected chi connectivity index (χ0v) is 14.7. The van der Waals surface area contributed by atoms with Crippen LogP contribution in [-0.4, -0.2) is 39.8 Å². The van der Waals surface area contributed by atoms with E-state index in [2.05, 4.69) is 0 Å². The summed E-state index contributed by atoms with van der Waals surface area (Å²) in [5.41, 5.74) is -3.50. The van der Waals surface area contributed by atoms with Crippen LogP contribution in [0.25, 0.3) is 10.8 Å². The Bertz CT molecular complexity index is 1070. The molecule has 7 heteroatoms. The number of Topliss-reactive ketones (excluding diaryl/α,β-unsaturated/α-hetero) is 2. The van der Waals surface area contributed by atoms with Gasteiger partial charge in [-0.2, -0.15) is 0 Å². The molecule has 0 aromatic heterocycles. The van der Waals surface area contributed by atoms with Gasteiger partial charge in [0.05, 0.1) is 16.5 Å². The fourth-order valence-electron chi connectivity index (χ4n) is 4.82. The Morgan fingerprint density at radius 1 is 1.07 bits per heavy atom. The van der Waals surface area contributed by atoms with Crippen LogP contribution in [0.4, 0.5) is 0 Å². The molecule has 2 heterocycles. The van der Waals surface area contributed by atoms with Crippen molar-refractivity contribution >= 4 is 33.9 Å². The summed E-state index contributed by atoms with van der Waals surface area (Å²) < 4.78 is 18.2. The van der Waals surface area contributed by atoms with Gasteiger partial charge in [-0.15, -0.1) is 0 Å². The molecule has 2 fully saturated rings. The molecule has 0 unspecified atom stereocenters. The summed E-state index contributed by atoms with van der Waals surface area (Å²) in [6.07, 6.45) is 0.315. The van der Waals surface area contributed by atoms with E-state index >= 15 is 0 Å².